The average Bonchev–Trinajstić information content (AvgIpc) is 2.91. The third kappa shape index (κ3) is 3.92. The molecule has 1 N–H and O–H groups in total. The lowest BCUT2D eigenvalue weighted by atomic mass is 10.1. The van der Waals surface area contributed by atoms with Crippen LogP contribution in [0.15, 0.2) is 42.7 Å². The highest BCUT2D eigenvalue weighted by Crippen LogP contribution is 2.14. The topological polar surface area (TPSA) is 33.1 Å². The van der Waals surface area contributed by atoms with Crippen molar-refractivity contribution in [2.24, 2.45) is 0 Å². The molecule has 108 valence electrons. The van der Waals surface area contributed by atoms with Crippen molar-refractivity contribution >= 4 is 0 Å². The molecule has 0 aliphatic rings. The van der Waals surface area contributed by atoms with Crippen molar-refractivity contribution in [2.45, 2.75) is 26.1 Å². The lowest BCUT2D eigenvalue weighted by Gasteiger charge is -2.23. The number of benzene rings is 1. The predicted molar refractivity (Wildman–Crippen MR) is 82.5 cm³/mol. The van der Waals surface area contributed by atoms with Gasteiger partial charge in [-0.25, -0.2) is 4.98 Å². The fraction of sp³-hybridized carbons (Fsp3) is 0.438. The second kappa shape index (κ2) is 7.22. The van der Waals surface area contributed by atoms with Crippen molar-refractivity contribution in [3.05, 3.63) is 54.1 Å². The Kier molecular flexibility index (Phi) is 5.32. The molecule has 0 fully saturated rings. The van der Waals surface area contributed by atoms with Crippen LogP contribution in [0.1, 0.15) is 24.4 Å². The van der Waals surface area contributed by atoms with Crippen LogP contribution in [0.4, 0.5) is 0 Å². The Morgan fingerprint density at radius 1 is 1.25 bits per heavy atom. The van der Waals surface area contributed by atoms with Gasteiger partial charge in [0.2, 0.25) is 0 Å². The molecule has 2 rings (SSSR count). The molecule has 2 aromatic rings. The summed E-state index contributed by atoms with van der Waals surface area (Å²) in [4.78, 5) is 6.62. The summed E-state index contributed by atoms with van der Waals surface area (Å²) in [7, 11) is 4.20. The largest absolute Gasteiger partial charge is 0.334 e. The summed E-state index contributed by atoms with van der Waals surface area (Å²) in [6, 6.07) is 10.9. The number of nitrogens with zero attached hydrogens (tertiary/aromatic N) is 3. The Labute approximate surface area is 121 Å². The molecule has 0 amide bonds. The number of aromatic nitrogens is 2. The summed E-state index contributed by atoms with van der Waals surface area (Å²) in [5.74, 6) is 1.09. The van der Waals surface area contributed by atoms with E-state index in [-0.39, 0.29) is 0 Å². The van der Waals surface area contributed by atoms with Crippen molar-refractivity contribution in [1.82, 2.24) is 19.8 Å². The lowest BCUT2D eigenvalue weighted by molar-refractivity contribution is 0.338. The van der Waals surface area contributed by atoms with Crippen molar-refractivity contribution in [1.29, 1.82) is 0 Å². The van der Waals surface area contributed by atoms with E-state index in [1.807, 2.05) is 12.4 Å². The first-order chi connectivity index (χ1) is 9.70. The highest BCUT2D eigenvalue weighted by Gasteiger charge is 2.13. The fourth-order valence-corrected chi connectivity index (χ4v) is 2.35. The molecular weight excluding hydrogens is 248 g/mol. The van der Waals surface area contributed by atoms with Crippen LogP contribution in [0.2, 0.25) is 0 Å². The van der Waals surface area contributed by atoms with E-state index in [0.29, 0.717) is 6.04 Å². The zero-order chi connectivity index (χ0) is 14.4. The summed E-state index contributed by atoms with van der Waals surface area (Å²) in [6.07, 6.45) is 3.89. The fourth-order valence-electron chi connectivity index (χ4n) is 2.35. The lowest BCUT2D eigenvalue weighted by Crippen LogP contribution is -2.31. The standard InChI is InChI=1S/C16H24N4/c1-4-20-11-10-17-16(20)12-18-15(13-19(2)3)14-8-6-5-7-9-14/h5-11,15,18H,4,12-13H2,1-3H3. The minimum absolute atomic E-state index is 0.313. The van der Waals surface area contributed by atoms with Gasteiger partial charge in [-0.15, -0.1) is 0 Å². The Hall–Kier alpha value is -1.65. The van der Waals surface area contributed by atoms with Gasteiger partial charge in [0.25, 0.3) is 0 Å². The minimum atomic E-state index is 0.313. The molecule has 1 heterocycles. The molecule has 20 heavy (non-hydrogen) atoms. The van der Waals surface area contributed by atoms with Crippen molar-refractivity contribution in [2.75, 3.05) is 20.6 Å². The number of hydrogen-bond acceptors (Lipinski definition) is 3. The maximum Gasteiger partial charge on any atom is 0.122 e. The van der Waals surface area contributed by atoms with Gasteiger partial charge < -0.3 is 14.8 Å². The van der Waals surface area contributed by atoms with Gasteiger partial charge in [0.15, 0.2) is 0 Å². The summed E-state index contributed by atoms with van der Waals surface area (Å²) in [5, 5.41) is 3.62. The zero-order valence-corrected chi connectivity index (χ0v) is 12.6. The highest BCUT2D eigenvalue weighted by atomic mass is 15.1. The van der Waals surface area contributed by atoms with E-state index in [0.717, 1.165) is 25.5 Å². The molecule has 0 radical (unpaired) electrons. The van der Waals surface area contributed by atoms with Crippen molar-refractivity contribution in [3.63, 3.8) is 0 Å². The van der Waals surface area contributed by atoms with E-state index < -0.39 is 0 Å². The quantitative estimate of drug-likeness (QED) is 0.839. The number of hydrogen-bond donors (Lipinski definition) is 1. The van der Waals surface area contributed by atoms with Crippen LogP contribution < -0.4 is 5.32 Å². The molecular formula is C16H24N4. The maximum atomic E-state index is 4.42. The molecule has 0 spiro atoms. The van der Waals surface area contributed by atoms with Gasteiger partial charge in [0.1, 0.15) is 5.82 Å². The third-order valence-electron chi connectivity index (χ3n) is 3.40. The van der Waals surface area contributed by atoms with Gasteiger partial charge in [-0.05, 0) is 26.6 Å². The van der Waals surface area contributed by atoms with Crippen LogP contribution in [0.3, 0.4) is 0 Å². The van der Waals surface area contributed by atoms with Gasteiger partial charge >= 0.3 is 0 Å². The summed E-state index contributed by atoms with van der Waals surface area (Å²) < 4.78 is 2.17. The van der Waals surface area contributed by atoms with E-state index in [1.54, 1.807) is 0 Å². The van der Waals surface area contributed by atoms with Gasteiger partial charge in [-0.3, -0.25) is 0 Å². The molecule has 0 bridgehead atoms. The van der Waals surface area contributed by atoms with E-state index in [2.05, 4.69) is 71.1 Å². The van der Waals surface area contributed by atoms with Crippen LogP contribution in [-0.2, 0) is 13.1 Å². The van der Waals surface area contributed by atoms with Gasteiger partial charge in [-0.1, -0.05) is 30.3 Å². The van der Waals surface area contributed by atoms with Crippen LogP contribution in [0, 0.1) is 0 Å². The molecule has 0 saturated heterocycles. The maximum absolute atomic E-state index is 4.42. The molecule has 0 aliphatic heterocycles. The number of rotatable bonds is 7. The summed E-state index contributed by atoms with van der Waals surface area (Å²) >= 11 is 0. The third-order valence-corrected chi connectivity index (χ3v) is 3.40. The number of imidazole rings is 1. The van der Waals surface area contributed by atoms with Crippen molar-refractivity contribution < 1.29 is 0 Å². The highest BCUT2D eigenvalue weighted by molar-refractivity contribution is 5.19. The first-order valence-corrected chi connectivity index (χ1v) is 7.13. The Bertz CT molecular complexity index is 504. The normalized spacial score (nSPS) is 12.8. The Morgan fingerprint density at radius 3 is 2.65 bits per heavy atom. The van der Waals surface area contributed by atoms with E-state index in [4.69, 9.17) is 0 Å². The van der Waals surface area contributed by atoms with Gasteiger partial charge in [0, 0.05) is 31.5 Å². The number of aryl methyl sites for hydroxylation is 1. The van der Waals surface area contributed by atoms with Crippen LogP contribution >= 0.6 is 0 Å². The minimum Gasteiger partial charge on any atom is -0.334 e. The van der Waals surface area contributed by atoms with E-state index >= 15 is 0 Å². The molecule has 0 aliphatic carbocycles. The Morgan fingerprint density at radius 2 is 2.00 bits per heavy atom. The van der Waals surface area contributed by atoms with E-state index in [1.165, 1.54) is 5.56 Å². The first kappa shape index (κ1) is 14.8. The van der Waals surface area contributed by atoms with Gasteiger partial charge in [-0.2, -0.15) is 0 Å². The molecule has 1 aromatic carbocycles. The predicted octanol–water partition coefficient (Wildman–Crippen LogP) is 2.30. The molecule has 0 saturated carbocycles. The monoisotopic (exact) mass is 272 g/mol. The molecule has 4 nitrogen and oxygen atoms in total. The van der Waals surface area contributed by atoms with Crippen LogP contribution in [-0.4, -0.2) is 35.1 Å². The second-order valence-electron chi connectivity index (χ2n) is 5.24. The van der Waals surface area contributed by atoms with Crippen molar-refractivity contribution in [3.8, 4) is 0 Å². The molecule has 1 unspecified atom stereocenters. The smallest absolute Gasteiger partial charge is 0.122 e. The number of likely N-dealkylation sites (N-methyl/N-ethyl adjacent to an activating group) is 1. The van der Waals surface area contributed by atoms with Crippen LogP contribution in [0.5, 0.6) is 0 Å². The first-order valence-electron chi connectivity index (χ1n) is 7.13. The SMILES string of the molecule is CCn1ccnc1CNC(CN(C)C)c1ccccc1. The molecule has 1 atom stereocenters. The summed E-state index contributed by atoms with van der Waals surface area (Å²) in [6.45, 7) is 4.85. The molecule has 1 aromatic heterocycles. The zero-order valence-electron chi connectivity index (χ0n) is 12.6. The number of nitrogens with one attached hydrogen (secondary N) is 1. The second-order valence-corrected chi connectivity index (χ2v) is 5.24. The average molecular weight is 272 g/mol. The summed E-state index contributed by atoms with van der Waals surface area (Å²) in [5.41, 5.74) is 1.32. The van der Waals surface area contributed by atoms with Gasteiger partial charge in [0.05, 0.1) is 6.54 Å². The Balaban J connectivity index is 2.05. The van der Waals surface area contributed by atoms with Crippen LogP contribution in [0.25, 0.3) is 0 Å². The van der Waals surface area contributed by atoms with E-state index in [9.17, 15) is 0 Å². The molecule has 4 heteroatoms.